The zero-order chi connectivity index (χ0) is 49.8. The predicted molar refractivity (Wildman–Crippen MR) is 313 cm³/mol. The summed E-state index contributed by atoms with van der Waals surface area (Å²) >= 11 is 0. The molecule has 5 heterocycles. The van der Waals surface area contributed by atoms with Crippen molar-refractivity contribution in [2.24, 2.45) is 0 Å². The molecule has 0 saturated heterocycles. The van der Waals surface area contributed by atoms with E-state index in [9.17, 15) is 0 Å². The summed E-state index contributed by atoms with van der Waals surface area (Å²) in [6.45, 7) is 0. The van der Waals surface area contributed by atoms with Gasteiger partial charge in [-0.15, -0.1) is 0 Å². The zero-order valence-electron chi connectivity index (χ0n) is 41.0. The number of hydrogen-bond acceptors (Lipinski definition) is 3. The van der Waals surface area contributed by atoms with Crippen LogP contribution < -0.4 is 0 Å². The van der Waals surface area contributed by atoms with Gasteiger partial charge in [-0.1, -0.05) is 182 Å². The van der Waals surface area contributed by atoms with Crippen molar-refractivity contribution in [1.29, 1.82) is 0 Å². The molecular formula is C69H43N7. The van der Waals surface area contributed by atoms with E-state index < -0.39 is 0 Å². The average molecular weight is 970 g/mol. The molecule has 0 aliphatic rings. The van der Waals surface area contributed by atoms with E-state index in [1.165, 1.54) is 0 Å². The molecule has 0 aliphatic carbocycles. The number of rotatable bonds is 7. The smallest absolute Gasteiger partial charge is 0.240 e. The first-order valence-electron chi connectivity index (χ1n) is 25.8. The fourth-order valence-corrected chi connectivity index (χ4v) is 12.2. The minimum Gasteiger partial charge on any atom is -0.309 e. The zero-order valence-corrected chi connectivity index (χ0v) is 41.0. The highest BCUT2D eigenvalue weighted by molar-refractivity contribution is 6.27. The van der Waals surface area contributed by atoms with Crippen LogP contribution in [0.25, 0.3) is 144 Å². The van der Waals surface area contributed by atoms with Gasteiger partial charge in [-0.2, -0.15) is 15.0 Å². The highest BCUT2D eigenvalue weighted by Crippen LogP contribution is 2.45. The minimum absolute atomic E-state index is 0.520. The molecule has 0 radical (unpaired) electrons. The third kappa shape index (κ3) is 6.26. The van der Waals surface area contributed by atoms with Gasteiger partial charge in [0.15, 0.2) is 5.82 Å². The Hall–Kier alpha value is -10.4. The summed E-state index contributed by atoms with van der Waals surface area (Å²) in [6.07, 6.45) is 0. The first-order chi connectivity index (χ1) is 37.7. The fourth-order valence-electron chi connectivity index (χ4n) is 12.2. The second-order valence-corrected chi connectivity index (χ2v) is 19.6. The number of nitrogens with zero attached hydrogens (tertiary/aromatic N) is 7. The first kappa shape index (κ1) is 42.2. The molecule has 0 fully saturated rings. The number of fused-ring (bicyclic) bond motifs is 14. The highest BCUT2D eigenvalue weighted by atomic mass is 15.3. The molecule has 0 unspecified atom stereocenters. The Bertz CT molecular complexity index is 4660. The maximum atomic E-state index is 5.80. The number of hydrogen-bond donors (Lipinski definition) is 0. The molecule has 0 aliphatic heterocycles. The van der Waals surface area contributed by atoms with Crippen LogP contribution in [0.4, 0.5) is 0 Å². The lowest BCUT2D eigenvalue weighted by molar-refractivity contribution is 0.895. The maximum Gasteiger partial charge on any atom is 0.240 e. The normalized spacial score (nSPS) is 11.9. The van der Waals surface area contributed by atoms with Crippen molar-refractivity contribution < 1.29 is 0 Å². The molecule has 354 valence electrons. The Balaban J connectivity index is 1.08. The molecule has 0 bridgehead atoms. The van der Waals surface area contributed by atoms with Crippen LogP contribution in [0.1, 0.15) is 0 Å². The van der Waals surface area contributed by atoms with Crippen LogP contribution in [0.2, 0.25) is 0 Å². The van der Waals surface area contributed by atoms with Gasteiger partial charge in [-0.25, -0.2) is 0 Å². The minimum atomic E-state index is 0.520. The third-order valence-electron chi connectivity index (χ3n) is 15.4. The van der Waals surface area contributed by atoms with Gasteiger partial charge in [0.25, 0.3) is 0 Å². The van der Waals surface area contributed by atoms with E-state index in [2.05, 4.69) is 279 Å². The molecule has 0 N–H and O–H groups in total. The molecule has 0 amide bonds. The Morgan fingerprint density at radius 1 is 0.224 bits per heavy atom. The Labute approximate surface area is 436 Å². The average Bonchev–Trinajstić information content (AvgIpc) is 4.39. The van der Waals surface area contributed by atoms with Crippen molar-refractivity contribution in [3.05, 3.63) is 261 Å². The molecule has 0 spiro atoms. The van der Waals surface area contributed by atoms with Gasteiger partial charge in [0.2, 0.25) is 11.9 Å². The second kappa shape index (κ2) is 16.6. The summed E-state index contributed by atoms with van der Waals surface area (Å²) in [4.78, 5) is 17.2. The lowest BCUT2D eigenvalue weighted by Crippen LogP contribution is -2.10. The maximum absolute atomic E-state index is 5.80. The molecule has 16 rings (SSSR count). The van der Waals surface area contributed by atoms with Gasteiger partial charge >= 0.3 is 0 Å². The van der Waals surface area contributed by atoms with E-state index in [0.717, 1.165) is 126 Å². The van der Waals surface area contributed by atoms with Crippen molar-refractivity contribution in [3.63, 3.8) is 0 Å². The van der Waals surface area contributed by atoms with Crippen LogP contribution >= 0.6 is 0 Å². The van der Waals surface area contributed by atoms with Gasteiger partial charge in [0.1, 0.15) is 0 Å². The van der Waals surface area contributed by atoms with Crippen LogP contribution in [-0.4, -0.2) is 33.2 Å². The molecule has 16 aromatic rings. The molecular weight excluding hydrogens is 927 g/mol. The van der Waals surface area contributed by atoms with E-state index in [4.69, 9.17) is 15.0 Å². The van der Waals surface area contributed by atoms with Crippen molar-refractivity contribution >= 4 is 87.2 Å². The molecule has 7 heteroatoms. The van der Waals surface area contributed by atoms with Crippen molar-refractivity contribution in [2.45, 2.75) is 0 Å². The summed E-state index contributed by atoms with van der Waals surface area (Å²) in [7, 11) is 0. The van der Waals surface area contributed by atoms with Crippen molar-refractivity contribution in [2.75, 3.05) is 0 Å². The van der Waals surface area contributed by atoms with E-state index in [-0.39, 0.29) is 0 Å². The van der Waals surface area contributed by atoms with Gasteiger partial charge < -0.3 is 9.13 Å². The van der Waals surface area contributed by atoms with Crippen LogP contribution in [0.3, 0.4) is 0 Å². The first-order valence-corrected chi connectivity index (χ1v) is 25.8. The Morgan fingerprint density at radius 3 is 0.987 bits per heavy atom. The van der Waals surface area contributed by atoms with Gasteiger partial charge in [-0.05, 0) is 101 Å². The summed E-state index contributed by atoms with van der Waals surface area (Å²) in [5.41, 5.74) is 15.9. The number of aromatic nitrogens is 7. The molecule has 0 saturated carbocycles. The summed E-state index contributed by atoms with van der Waals surface area (Å²) in [5, 5.41) is 9.01. The van der Waals surface area contributed by atoms with Crippen LogP contribution in [-0.2, 0) is 0 Å². The van der Waals surface area contributed by atoms with Gasteiger partial charge in [0.05, 0.1) is 44.1 Å². The monoisotopic (exact) mass is 969 g/mol. The molecule has 0 atom stereocenters. The topological polar surface area (TPSA) is 58.4 Å². The predicted octanol–water partition coefficient (Wildman–Crippen LogP) is 17.3. The Morgan fingerprint density at radius 2 is 0.566 bits per heavy atom. The van der Waals surface area contributed by atoms with E-state index in [1.807, 2.05) is 0 Å². The fraction of sp³-hybridized carbons (Fsp3) is 0. The lowest BCUT2D eigenvalue weighted by Gasteiger charge is -2.15. The van der Waals surface area contributed by atoms with E-state index >= 15 is 0 Å². The molecule has 11 aromatic carbocycles. The quantitative estimate of drug-likeness (QED) is 0.160. The Kier molecular flexibility index (Phi) is 9.20. The highest BCUT2D eigenvalue weighted by Gasteiger charge is 2.26. The number of para-hydroxylation sites is 6. The van der Waals surface area contributed by atoms with Gasteiger partial charge in [0, 0.05) is 60.0 Å². The summed E-state index contributed by atoms with van der Waals surface area (Å²) in [6, 6.07) is 93.2. The summed E-state index contributed by atoms with van der Waals surface area (Å²) < 4.78 is 9.36. The molecule has 5 aromatic heterocycles. The molecule has 76 heavy (non-hydrogen) atoms. The van der Waals surface area contributed by atoms with Crippen molar-refractivity contribution in [1.82, 2.24) is 33.2 Å². The van der Waals surface area contributed by atoms with Crippen LogP contribution in [0, 0.1) is 0 Å². The van der Waals surface area contributed by atoms with Crippen LogP contribution in [0.5, 0.6) is 0 Å². The lowest BCUT2D eigenvalue weighted by atomic mass is 9.96. The third-order valence-corrected chi connectivity index (χ3v) is 15.4. The largest absolute Gasteiger partial charge is 0.309 e. The second-order valence-electron chi connectivity index (χ2n) is 19.6. The van der Waals surface area contributed by atoms with E-state index in [1.54, 1.807) is 0 Å². The number of benzene rings is 11. The van der Waals surface area contributed by atoms with Crippen molar-refractivity contribution in [3.8, 4) is 56.9 Å². The van der Waals surface area contributed by atoms with Gasteiger partial charge in [-0.3, -0.25) is 9.13 Å². The summed E-state index contributed by atoms with van der Waals surface area (Å²) in [5.74, 6) is 1.60. The van der Waals surface area contributed by atoms with E-state index in [0.29, 0.717) is 17.7 Å². The standard InChI is InChI=1S/C69H43N7/c1-5-21-44(22-6-1)46-41-47(45-23-7-2-8-24-45)43-48(42-46)67-70-68(75-57-33-17-13-29-51(57)53-37-39-61-63(65(53)75)55-31-15-19-35-59(55)73(61)49-25-9-3-10-26-49)72-69(71-67)76-58-34-18-14-30-52(58)54-38-40-62-64(66(54)76)56-32-16-20-36-60(56)74(62)50-27-11-4-12-28-50/h1-43H. The van der Waals surface area contributed by atoms with Crippen LogP contribution in [0.15, 0.2) is 261 Å². The molecule has 7 nitrogen and oxygen atoms in total. The SMILES string of the molecule is c1ccc(-c2cc(-c3ccccc3)cc(-c3nc(-n4c5ccccc5c5ccc6c(c7ccccc7n6-c6ccccc6)c54)nc(-n4c5ccccc5c5ccc6c(c7ccccc7n6-c6ccccc6)c54)n3)c2)cc1.